The highest BCUT2D eigenvalue weighted by molar-refractivity contribution is 5.85. The highest BCUT2D eigenvalue weighted by Crippen LogP contribution is 2.19. The van der Waals surface area contributed by atoms with Gasteiger partial charge in [0.15, 0.2) is 0 Å². The van der Waals surface area contributed by atoms with E-state index < -0.39 is 0 Å². The van der Waals surface area contributed by atoms with E-state index in [0.717, 1.165) is 25.9 Å². The minimum absolute atomic E-state index is 0. The van der Waals surface area contributed by atoms with Crippen molar-refractivity contribution < 1.29 is 4.79 Å². The lowest BCUT2D eigenvalue weighted by molar-refractivity contribution is -0.120. The number of halogens is 2. The van der Waals surface area contributed by atoms with Gasteiger partial charge in [-0.15, -0.1) is 24.8 Å². The lowest BCUT2D eigenvalue weighted by Gasteiger charge is -2.33. The molecule has 1 aliphatic rings. The van der Waals surface area contributed by atoms with E-state index in [1.807, 2.05) is 6.07 Å². The van der Waals surface area contributed by atoms with Crippen LogP contribution in [0.3, 0.4) is 0 Å². The predicted octanol–water partition coefficient (Wildman–Crippen LogP) is 1.57. The molecule has 1 aliphatic heterocycles. The van der Waals surface area contributed by atoms with Gasteiger partial charge in [-0.25, -0.2) is 0 Å². The van der Waals surface area contributed by atoms with Crippen LogP contribution in [-0.2, 0) is 4.79 Å². The van der Waals surface area contributed by atoms with Crippen molar-refractivity contribution in [3.8, 4) is 0 Å². The molecule has 0 aromatic heterocycles. The molecule has 0 unspecified atom stereocenters. The largest absolute Gasteiger partial charge is 0.371 e. The summed E-state index contributed by atoms with van der Waals surface area (Å²) < 4.78 is 0. The van der Waals surface area contributed by atoms with Crippen LogP contribution < -0.4 is 16.0 Å². The van der Waals surface area contributed by atoms with Crippen molar-refractivity contribution in [1.29, 1.82) is 0 Å². The third-order valence-corrected chi connectivity index (χ3v) is 3.17. The van der Waals surface area contributed by atoms with Crippen molar-refractivity contribution in [2.75, 3.05) is 24.5 Å². The third kappa shape index (κ3) is 5.27. The van der Waals surface area contributed by atoms with Crippen LogP contribution in [0.5, 0.6) is 0 Å². The summed E-state index contributed by atoms with van der Waals surface area (Å²) in [5, 5.41) is 2.95. The van der Waals surface area contributed by atoms with Crippen LogP contribution in [0.1, 0.15) is 12.8 Å². The molecule has 3 N–H and O–H groups in total. The van der Waals surface area contributed by atoms with E-state index in [9.17, 15) is 4.79 Å². The van der Waals surface area contributed by atoms with Gasteiger partial charge in [0.1, 0.15) is 0 Å². The fourth-order valence-electron chi connectivity index (χ4n) is 2.21. The number of nitrogens with zero attached hydrogens (tertiary/aromatic N) is 1. The predicted molar refractivity (Wildman–Crippen MR) is 83.4 cm³/mol. The summed E-state index contributed by atoms with van der Waals surface area (Å²) in [6.07, 6.45) is 1.97. The van der Waals surface area contributed by atoms with Crippen molar-refractivity contribution in [3.63, 3.8) is 0 Å². The Balaban J connectivity index is 0.00000162. The maximum Gasteiger partial charge on any atom is 0.233 e. The third-order valence-electron chi connectivity index (χ3n) is 3.17. The van der Waals surface area contributed by atoms with Gasteiger partial charge in [-0.1, -0.05) is 18.2 Å². The smallest absolute Gasteiger partial charge is 0.233 e. The lowest BCUT2D eigenvalue weighted by atomic mass is 10.0. The Kier molecular flexibility index (Phi) is 8.56. The van der Waals surface area contributed by atoms with Gasteiger partial charge in [0, 0.05) is 24.8 Å². The van der Waals surface area contributed by atoms with Gasteiger partial charge < -0.3 is 16.0 Å². The number of carbonyl (C=O) groups excluding carboxylic acids is 1. The number of para-hydroxylation sites is 1. The topological polar surface area (TPSA) is 58.4 Å². The Morgan fingerprint density at radius 3 is 2.32 bits per heavy atom. The van der Waals surface area contributed by atoms with Crippen molar-refractivity contribution in [3.05, 3.63) is 30.3 Å². The molecular formula is C13H21Cl2N3O. The number of hydrogen-bond donors (Lipinski definition) is 2. The molecule has 19 heavy (non-hydrogen) atoms. The first-order valence-electron chi connectivity index (χ1n) is 6.09. The number of amides is 1. The number of carbonyl (C=O) groups is 1. The number of rotatable bonds is 3. The highest BCUT2D eigenvalue weighted by Gasteiger charge is 2.20. The van der Waals surface area contributed by atoms with Crippen LogP contribution in [-0.4, -0.2) is 31.6 Å². The summed E-state index contributed by atoms with van der Waals surface area (Å²) in [4.78, 5) is 13.5. The second-order valence-electron chi connectivity index (χ2n) is 4.37. The normalized spacial score (nSPS) is 15.1. The molecule has 0 bridgehead atoms. The van der Waals surface area contributed by atoms with Gasteiger partial charge in [-0.2, -0.15) is 0 Å². The summed E-state index contributed by atoms with van der Waals surface area (Å²) >= 11 is 0. The van der Waals surface area contributed by atoms with E-state index in [2.05, 4.69) is 34.5 Å². The number of hydrogen-bond acceptors (Lipinski definition) is 3. The minimum Gasteiger partial charge on any atom is -0.371 e. The Bertz CT molecular complexity index is 367. The van der Waals surface area contributed by atoms with Crippen LogP contribution in [0.25, 0.3) is 0 Å². The molecule has 0 saturated carbocycles. The lowest BCUT2D eigenvalue weighted by Crippen LogP contribution is -2.46. The SMILES string of the molecule is Cl.Cl.NCC(=O)NC1CCN(c2ccccc2)CC1. The van der Waals surface area contributed by atoms with E-state index in [1.165, 1.54) is 5.69 Å². The Hall–Kier alpha value is -0.970. The average Bonchev–Trinajstić information content (AvgIpc) is 2.40. The van der Waals surface area contributed by atoms with Crippen LogP contribution in [0.2, 0.25) is 0 Å². The number of nitrogens with two attached hydrogens (primary N) is 1. The second-order valence-corrected chi connectivity index (χ2v) is 4.37. The molecule has 0 spiro atoms. The highest BCUT2D eigenvalue weighted by atomic mass is 35.5. The van der Waals surface area contributed by atoms with E-state index in [0.29, 0.717) is 0 Å². The van der Waals surface area contributed by atoms with Crippen molar-refractivity contribution in [1.82, 2.24) is 5.32 Å². The van der Waals surface area contributed by atoms with E-state index in [-0.39, 0.29) is 43.3 Å². The molecule has 0 atom stereocenters. The monoisotopic (exact) mass is 305 g/mol. The van der Waals surface area contributed by atoms with Crippen molar-refractivity contribution >= 4 is 36.4 Å². The molecule has 108 valence electrons. The van der Waals surface area contributed by atoms with Crippen LogP contribution in [0.15, 0.2) is 30.3 Å². The molecule has 0 radical (unpaired) electrons. The van der Waals surface area contributed by atoms with Gasteiger partial charge >= 0.3 is 0 Å². The summed E-state index contributed by atoms with van der Waals surface area (Å²) in [7, 11) is 0. The van der Waals surface area contributed by atoms with E-state index in [1.54, 1.807) is 0 Å². The molecule has 2 rings (SSSR count). The minimum atomic E-state index is -0.0526. The maximum atomic E-state index is 11.2. The molecule has 6 heteroatoms. The quantitative estimate of drug-likeness (QED) is 0.891. The van der Waals surface area contributed by atoms with Gasteiger partial charge in [0.05, 0.1) is 6.54 Å². The van der Waals surface area contributed by atoms with Crippen molar-refractivity contribution in [2.45, 2.75) is 18.9 Å². The Morgan fingerprint density at radius 1 is 1.21 bits per heavy atom. The number of benzene rings is 1. The zero-order valence-corrected chi connectivity index (χ0v) is 12.4. The first-order valence-corrected chi connectivity index (χ1v) is 6.09. The molecule has 1 aromatic rings. The average molecular weight is 306 g/mol. The fraction of sp³-hybridized carbons (Fsp3) is 0.462. The van der Waals surface area contributed by atoms with Gasteiger partial charge in [0.2, 0.25) is 5.91 Å². The Morgan fingerprint density at radius 2 is 1.79 bits per heavy atom. The summed E-state index contributed by atoms with van der Waals surface area (Å²) in [6, 6.07) is 10.7. The zero-order chi connectivity index (χ0) is 12.1. The zero-order valence-electron chi connectivity index (χ0n) is 10.7. The van der Waals surface area contributed by atoms with Crippen molar-refractivity contribution in [2.24, 2.45) is 5.73 Å². The maximum absolute atomic E-state index is 11.2. The first-order chi connectivity index (χ1) is 8.29. The Labute approximate surface area is 126 Å². The van der Waals surface area contributed by atoms with Gasteiger partial charge in [-0.05, 0) is 25.0 Å². The molecule has 4 nitrogen and oxygen atoms in total. The molecule has 1 fully saturated rings. The standard InChI is InChI=1S/C13H19N3O.2ClH/c14-10-13(17)15-11-6-8-16(9-7-11)12-4-2-1-3-5-12;;/h1-5,11H,6-10,14H2,(H,15,17);2*1H. The molecular weight excluding hydrogens is 285 g/mol. The van der Waals surface area contributed by atoms with E-state index >= 15 is 0 Å². The summed E-state index contributed by atoms with van der Waals surface area (Å²) in [6.45, 7) is 2.05. The molecule has 1 heterocycles. The summed E-state index contributed by atoms with van der Waals surface area (Å²) in [5.41, 5.74) is 6.55. The van der Waals surface area contributed by atoms with Gasteiger partial charge in [0.25, 0.3) is 0 Å². The van der Waals surface area contributed by atoms with Gasteiger partial charge in [-0.3, -0.25) is 4.79 Å². The second kappa shape index (κ2) is 9.02. The molecule has 1 saturated heterocycles. The van der Waals surface area contributed by atoms with Crippen LogP contribution in [0.4, 0.5) is 5.69 Å². The molecule has 1 amide bonds. The summed E-state index contributed by atoms with van der Waals surface area (Å²) in [5.74, 6) is -0.0526. The molecule has 0 aliphatic carbocycles. The number of anilines is 1. The van der Waals surface area contributed by atoms with Crippen LogP contribution in [0, 0.1) is 0 Å². The first kappa shape index (κ1) is 18.0. The number of piperidine rings is 1. The van der Waals surface area contributed by atoms with Crippen LogP contribution >= 0.6 is 24.8 Å². The number of nitrogens with one attached hydrogen (secondary N) is 1. The van der Waals surface area contributed by atoms with E-state index in [4.69, 9.17) is 5.73 Å². The fourth-order valence-corrected chi connectivity index (χ4v) is 2.21. The molecule has 1 aromatic carbocycles.